The first-order valence-corrected chi connectivity index (χ1v) is 6.33. The number of likely N-dealkylation sites (tertiary alicyclic amines) is 1. The summed E-state index contributed by atoms with van der Waals surface area (Å²) in [4.78, 5) is 2.37. The first kappa shape index (κ1) is 12.4. The molecule has 0 saturated carbocycles. The summed E-state index contributed by atoms with van der Waals surface area (Å²) >= 11 is 0. The molecule has 0 spiro atoms. The SMILES string of the molecule is Cc1ccc(OCCCN2CC(N)C2)cc1C. The molecule has 17 heavy (non-hydrogen) atoms. The molecule has 1 fully saturated rings. The zero-order valence-electron chi connectivity index (χ0n) is 10.8. The lowest BCUT2D eigenvalue weighted by molar-refractivity contribution is 0.139. The molecule has 0 bridgehead atoms. The van der Waals surface area contributed by atoms with Gasteiger partial charge in [0.25, 0.3) is 0 Å². The second kappa shape index (κ2) is 5.52. The van der Waals surface area contributed by atoms with Crippen molar-refractivity contribution < 1.29 is 4.74 Å². The molecule has 0 amide bonds. The van der Waals surface area contributed by atoms with Crippen molar-refractivity contribution >= 4 is 0 Å². The van der Waals surface area contributed by atoms with Crippen molar-refractivity contribution in [1.29, 1.82) is 0 Å². The van der Waals surface area contributed by atoms with Crippen molar-refractivity contribution in [3.05, 3.63) is 29.3 Å². The van der Waals surface area contributed by atoms with Crippen LogP contribution in [-0.2, 0) is 0 Å². The third kappa shape index (κ3) is 3.45. The maximum Gasteiger partial charge on any atom is 0.119 e. The largest absolute Gasteiger partial charge is 0.494 e. The van der Waals surface area contributed by atoms with Gasteiger partial charge in [-0.2, -0.15) is 0 Å². The molecule has 1 aromatic rings. The van der Waals surface area contributed by atoms with Gasteiger partial charge in [-0.25, -0.2) is 0 Å². The van der Waals surface area contributed by atoms with Crippen LogP contribution in [0.3, 0.4) is 0 Å². The molecule has 0 unspecified atom stereocenters. The maximum atomic E-state index is 5.73. The molecule has 94 valence electrons. The Bertz CT molecular complexity index is 372. The van der Waals surface area contributed by atoms with Crippen LogP contribution in [0.25, 0.3) is 0 Å². The lowest BCUT2D eigenvalue weighted by Crippen LogP contribution is -2.55. The summed E-state index contributed by atoms with van der Waals surface area (Å²) in [7, 11) is 0. The first-order valence-electron chi connectivity index (χ1n) is 6.33. The highest BCUT2D eigenvalue weighted by Crippen LogP contribution is 2.16. The highest BCUT2D eigenvalue weighted by atomic mass is 16.5. The van der Waals surface area contributed by atoms with Gasteiger partial charge < -0.3 is 15.4 Å². The third-order valence-electron chi connectivity index (χ3n) is 3.35. The minimum atomic E-state index is 0.399. The molecular weight excluding hydrogens is 212 g/mol. The van der Waals surface area contributed by atoms with E-state index in [1.165, 1.54) is 11.1 Å². The van der Waals surface area contributed by atoms with Crippen molar-refractivity contribution in [2.24, 2.45) is 5.73 Å². The summed E-state index contributed by atoms with van der Waals surface area (Å²) in [5.74, 6) is 0.980. The molecule has 1 aromatic carbocycles. The molecule has 3 nitrogen and oxygen atoms in total. The fourth-order valence-corrected chi connectivity index (χ4v) is 2.07. The molecular formula is C14H22N2O. The van der Waals surface area contributed by atoms with Gasteiger partial charge in [-0.05, 0) is 43.5 Å². The van der Waals surface area contributed by atoms with Gasteiger partial charge in [-0.1, -0.05) is 6.07 Å². The summed E-state index contributed by atoms with van der Waals surface area (Å²) in [6, 6.07) is 6.66. The molecule has 1 aliphatic heterocycles. The number of aryl methyl sites for hydroxylation is 2. The Morgan fingerprint density at radius 2 is 2.06 bits per heavy atom. The Labute approximate surface area is 104 Å². The Morgan fingerprint density at radius 1 is 1.29 bits per heavy atom. The van der Waals surface area contributed by atoms with Crippen LogP contribution in [0.1, 0.15) is 17.5 Å². The second-order valence-corrected chi connectivity index (χ2v) is 4.97. The molecule has 2 N–H and O–H groups in total. The van der Waals surface area contributed by atoms with E-state index in [9.17, 15) is 0 Å². The van der Waals surface area contributed by atoms with Crippen molar-refractivity contribution in [3.8, 4) is 5.75 Å². The molecule has 0 aromatic heterocycles. The van der Waals surface area contributed by atoms with Crippen LogP contribution in [0.4, 0.5) is 0 Å². The molecule has 0 radical (unpaired) electrons. The van der Waals surface area contributed by atoms with Crippen LogP contribution >= 0.6 is 0 Å². The number of rotatable bonds is 5. The third-order valence-corrected chi connectivity index (χ3v) is 3.35. The van der Waals surface area contributed by atoms with E-state index in [1.54, 1.807) is 0 Å². The number of benzene rings is 1. The van der Waals surface area contributed by atoms with E-state index in [1.807, 2.05) is 6.07 Å². The van der Waals surface area contributed by atoms with Gasteiger partial charge in [-0.3, -0.25) is 0 Å². The van der Waals surface area contributed by atoms with E-state index in [4.69, 9.17) is 10.5 Å². The monoisotopic (exact) mass is 234 g/mol. The van der Waals surface area contributed by atoms with E-state index in [0.29, 0.717) is 6.04 Å². The number of nitrogens with two attached hydrogens (primary N) is 1. The van der Waals surface area contributed by atoms with Gasteiger partial charge in [0, 0.05) is 25.7 Å². The zero-order chi connectivity index (χ0) is 12.3. The van der Waals surface area contributed by atoms with Gasteiger partial charge in [0.2, 0.25) is 0 Å². The maximum absolute atomic E-state index is 5.73. The van der Waals surface area contributed by atoms with Gasteiger partial charge in [-0.15, -0.1) is 0 Å². The standard InChI is InChI=1S/C14H22N2O/c1-11-4-5-14(8-12(11)2)17-7-3-6-16-9-13(15)10-16/h4-5,8,13H,3,6-7,9-10,15H2,1-2H3. The van der Waals surface area contributed by atoms with E-state index in [0.717, 1.165) is 38.4 Å². The Hall–Kier alpha value is -1.06. The predicted molar refractivity (Wildman–Crippen MR) is 70.4 cm³/mol. The average Bonchev–Trinajstić information content (AvgIpc) is 2.26. The van der Waals surface area contributed by atoms with Crippen molar-refractivity contribution in [2.45, 2.75) is 26.3 Å². The minimum Gasteiger partial charge on any atom is -0.494 e. The Balaban J connectivity index is 1.66. The number of ether oxygens (including phenoxy) is 1. The topological polar surface area (TPSA) is 38.5 Å². The van der Waals surface area contributed by atoms with Gasteiger partial charge in [0.1, 0.15) is 5.75 Å². The quantitative estimate of drug-likeness (QED) is 0.788. The molecule has 3 heteroatoms. The van der Waals surface area contributed by atoms with E-state index >= 15 is 0 Å². The molecule has 0 aliphatic carbocycles. The molecule has 1 aliphatic rings. The zero-order valence-corrected chi connectivity index (χ0v) is 10.8. The Morgan fingerprint density at radius 3 is 2.71 bits per heavy atom. The summed E-state index contributed by atoms with van der Waals surface area (Å²) in [5, 5.41) is 0. The highest BCUT2D eigenvalue weighted by Gasteiger charge is 2.21. The van der Waals surface area contributed by atoms with E-state index in [2.05, 4.69) is 30.9 Å². The van der Waals surface area contributed by atoms with Gasteiger partial charge >= 0.3 is 0 Å². The van der Waals surface area contributed by atoms with Crippen LogP contribution in [0.2, 0.25) is 0 Å². The van der Waals surface area contributed by atoms with E-state index in [-0.39, 0.29) is 0 Å². The lowest BCUT2D eigenvalue weighted by Gasteiger charge is -2.36. The fourth-order valence-electron chi connectivity index (χ4n) is 2.07. The minimum absolute atomic E-state index is 0.399. The Kier molecular flexibility index (Phi) is 4.02. The van der Waals surface area contributed by atoms with Gasteiger partial charge in [0.05, 0.1) is 6.61 Å². The number of hydrogen-bond acceptors (Lipinski definition) is 3. The van der Waals surface area contributed by atoms with E-state index < -0.39 is 0 Å². The lowest BCUT2D eigenvalue weighted by atomic mass is 10.1. The van der Waals surface area contributed by atoms with Crippen LogP contribution in [0.5, 0.6) is 5.75 Å². The molecule has 2 rings (SSSR count). The van der Waals surface area contributed by atoms with Crippen molar-refractivity contribution in [3.63, 3.8) is 0 Å². The van der Waals surface area contributed by atoms with Crippen LogP contribution in [-0.4, -0.2) is 37.2 Å². The number of nitrogens with zero attached hydrogens (tertiary/aromatic N) is 1. The van der Waals surface area contributed by atoms with Crippen molar-refractivity contribution in [2.75, 3.05) is 26.2 Å². The average molecular weight is 234 g/mol. The predicted octanol–water partition coefficient (Wildman–Crippen LogP) is 1.72. The fraction of sp³-hybridized carbons (Fsp3) is 0.571. The van der Waals surface area contributed by atoms with Crippen LogP contribution < -0.4 is 10.5 Å². The summed E-state index contributed by atoms with van der Waals surface area (Å²) in [6.07, 6.45) is 1.07. The summed E-state index contributed by atoms with van der Waals surface area (Å²) in [5.41, 5.74) is 8.32. The van der Waals surface area contributed by atoms with Crippen LogP contribution in [0, 0.1) is 13.8 Å². The molecule has 1 heterocycles. The number of hydrogen-bond donors (Lipinski definition) is 1. The van der Waals surface area contributed by atoms with Crippen LogP contribution in [0.15, 0.2) is 18.2 Å². The van der Waals surface area contributed by atoms with Gasteiger partial charge in [0.15, 0.2) is 0 Å². The normalized spacial score (nSPS) is 16.9. The summed E-state index contributed by atoms with van der Waals surface area (Å²) in [6.45, 7) is 8.20. The molecule has 1 saturated heterocycles. The molecule has 0 atom stereocenters. The smallest absolute Gasteiger partial charge is 0.119 e. The highest BCUT2D eigenvalue weighted by molar-refractivity contribution is 5.33. The first-order chi connectivity index (χ1) is 8.15. The van der Waals surface area contributed by atoms with Crippen molar-refractivity contribution in [1.82, 2.24) is 4.90 Å². The summed E-state index contributed by atoms with van der Waals surface area (Å²) < 4.78 is 5.73. The second-order valence-electron chi connectivity index (χ2n) is 4.97.